The smallest absolute Gasteiger partial charge is 0.233 e. The van der Waals surface area contributed by atoms with E-state index in [1.54, 1.807) is 7.11 Å². The molecular weight excluding hydrogens is 334 g/mol. The summed E-state index contributed by atoms with van der Waals surface area (Å²) in [5.74, 6) is 1.64. The highest BCUT2D eigenvalue weighted by Gasteiger charge is 2.14. The highest BCUT2D eigenvalue weighted by molar-refractivity contribution is 8.00. The van der Waals surface area contributed by atoms with E-state index in [-0.39, 0.29) is 17.3 Å². The molecule has 0 saturated carbocycles. The van der Waals surface area contributed by atoms with Crippen LogP contribution in [-0.4, -0.2) is 24.4 Å². The predicted octanol–water partition coefficient (Wildman–Crippen LogP) is 4.28. The summed E-state index contributed by atoms with van der Waals surface area (Å²) in [5.41, 5.74) is 1.02. The summed E-state index contributed by atoms with van der Waals surface area (Å²) in [6, 6.07) is 15.5. The first-order valence-electron chi connectivity index (χ1n) is 8.32. The van der Waals surface area contributed by atoms with Crippen LogP contribution in [0.15, 0.2) is 53.4 Å². The largest absolute Gasteiger partial charge is 0.497 e. The molecule has 0 saturated heterocycles. The van der Waals surface area contributed by atoms with Crippen LogP contribution in [0.25, 0.3) is 0 Å². The number of nitrogens with one attached hydrogen (secondary N) is 1. The van der Waals surface area contributed by atoms with Crippen LogP contribution in [0.3, 0.4) is 0 Å². The van der Waals surface area contributed by atoms with Gasteiger partial charge in [0.1, 0.15) is 11.5 Å². The first kappa shape index (κ1) is 19.2. The maximum absolute atomic E-state index is 12.3. The summed E-state index contributed by atoms with van der Waals surface area (Å²) in [7, 11) is 1.64. The van der Waals surface area contributed by atoms with Gasteiger partial charge in [0.15, 0.2) is 0 Å². The van der Waals surface area contributed by atoms with Gasteiger partial charge in [0.05, 0.1) is 18.5 Å². The van der Waals surface area contributed by atoms with Crippen molar-refractivity contribution in [2.75, 3.05) is 7.11 Å². The quantitative estimate of drug-likeness (QED) is 0.715. The minimum Gasteiger partial charge on any atom is -0.497 e. The SMILES string of the molecule is COc1ccc(S[C@H](C)C(=O)NCc2cccc(OC(C)C)c2)cc1. The van der Waals surface area contributed by atoms with E-state index in [4.69, 9.17) is 9.47 Å². The van der Waals surface area contributed by atoms with Gasteiger partial charge in [-0.15, -0.1) is 11.8 Å². The van der Waals surface area contributed by atoms with E-state index >= 15 is 0 Å². The third-order valence-electron chi connectivity index (χ3n) is 3.48. The van der Waals surface area contributed by atoms with E-state index in [0.29, 0.717) is 6.54 Å². The Bertz CT molecular complexity index is 686. The van der Waals surface area contributed by atoms with Crippen molar-refractivity contribution < 1.29 is 14.3 Å². The lowest BCUT2D eigenvalue weighted by atomic mass is 10.2. The molecule has 0 aromatic heterocycles. The van der Waals surface area contributed by atoms with Crippen molar-refractivity contribution in [2.45, 2.75) is 43.6 Å². The van der Waals surface area contributed by atoms with E-state index < -0.39 is 0 Å². The van der Waals surface area contributed by atoms with Crippen molar-refractivity contribution in [2.24, 2.45) is 0 Å². The third-order valence-corrected chi connectivity index (χ3v) is 4.59. The van der Waals surface area contributed by atoms with E-state index in [9.17, 15) is 4.79 Å². The van der Waals surface area contributed by atoms with Gasteiger partial charge in [0.25, 0.3) is 0 Å². The first-order valence-corrected chi connectivity index (χ1v) is 9.20. The summed E-state index contributed by atoms with van der Waals surface area (Å²) >= 11 is 1.53. The minimum absolute atomic E-state index is 0.0102. The van der Waals surface area contributed by atoms with Gasteiger partial charge in [-0.1, -0.05) is 12.1 Å². The molecule has 0 spiro atoms. The standard InChI is InChI=1S/C20H25NO3S/c1-14(2)24-18-7-5-6-16(12-18)13-21-20(22)15(3)25-19-10-8-17(23-4)9-11-19/h5-12,14-15H,13H2,1-4H3,(H,21,22)/t15-/m1/s1. The summed E-state index contributed by atoms with van der Waals surface area (Å²) in [6.45, 7) is 6.38. The molecule has 0 heterocycles. The third kappa shape index (κ3) is 6.35. The molecule has 2 aromatic carbocycles. The minimum atomic E-state index is -0.177. The number of benzene rings is 2. The number of ether oxygens (including phenoxy) is 2. The second-order valence-electron chi connectivity index (χ2n) is 5.97. The lowest BCUT2D eigenvalue weighted by Gasteiger charge is -2.14. The number of amides is 1. The molecule has 1 amide bonds. The topological polar surface area (TPSA) is 47.6 Å². The summed E-state index contributed by atoms with van der Waals surface area (Å²) < 4.78 is 10.8. The summed E-state index contributed by atoms with van der Waals surface area (Å²) in [6.07, 6.45) is 0.130. The van der Waals surface area contributed by atoms with Crippen LogP contribution >= 0.6 is 11.8 Å². The van der Waals surface area contributed by atoms with Crippen LogP contribution in [0.1, 0.15) is 26.3 Å². The number of rotatable bonds is 8. The molecule has 0 bridgehead atoms. The normalized spacial score (nSPS) is 11.9. The summed E-state index contributed by atoms with van der Waals surface area (Å²) in [4.78, 5) is 13.4. The molecule has 25 heavy (non-hydrogen) atoms. The zero-order valence-electron chi connectivity index (χ0n) is 15.1. The number of hydrogen-bond acceptors (Lipinski definition) is 4. The Hall–Kier alpha value is -2.14. The number of carbonyl (C=O) groups excluding carboxylic acids is 1. The zero-order chi connectivity index (χ0) is 18.2. The molecule has 0 aliphatic rings. The Morgan fingerprint density at radius 3 is 2.44 bits per heavy atom. The summed E-state index contributed by atoms with van der Waals surface area (Å²) in [5, 5.41) is 2.80. The van der Waals surface area contributed by atoms with Crippen LogP contribution in [0.5, 0.6) is 11.5 Å². The average Bonchev–Trinajstić information content (AvgIpc) is 2.60. The Kier molecular flexibility index (Phi) is 7.19. The molecule has 0 unspecified atom stereocenters. The van der Waals surface area contributed by atoms with Crippen molar-refractivity contribution in [1.82, 2.24) is 5.32 Å². The van der Waals surface area contributed by atoms with Gasteiger partial charge < -0.3 is 14.8 Å². The molecule has 2 aromatic rings. The second-order valence-corrected chi connectivity index (χ2v) is 7.38. The lowest BCUT2D eigenvalue weighted by molar-refractivity contribution is -0.120. The van der Waals surface area contributed by atoms with E-state index in [0.717, 1.165) is 22.0 Å². The fraction of sp³-hybridized carbons (Fsp3) is 0.350. The first-order chi connectivity index (χ1) is 12.0. The molecule has 134 valence electrons. The highest BCUT2D eigenvalue weighted by Crippen LogP contribution is 2.25. The lowest BCUT2D eigenvalue weighted by Crippen LogP contribution is -2.30. The van der Waals surface area contributed by atoms with Crippen LogP contribution in [0.4, 0.5) is 0 Å². The molecule has 1 N–H and O–H groups in total. The molecular formula is C20H25NO3S. The Balaban J connectivity index is 1.86. The van der Waals surface area contributed by atoms with Crippen molar-refractivity contribution in [3.63, 3.8) is 0 Å². The van der Waals surface area contributed by atoms with Crippen LogP contribution < -0.4 is 14.8 Å². The number of methoxy groups -OCH3 is 1. The highest BCUT2D eigenvalue weighted by atomic mass is 32.2. The monoisotopic (exact) mass is 359 g/mol. The Labute approximate surface area is 153 Å². The predicted molar refractivity (Wildman–Crippen MR) is 102 cm³/mol. The Morgan fingerprint density at radius 2 is 1.80 bits per heavy atom. The van der Waals surface area contributed by atoms with Gasteiger partial charge in [-0.2, -0.15) is 0 Å². The van der Waals surface area contributed by atoms with Crippen molar-refractivity contribution in [3.8, 4) is 11.5 Å². The molecule has 2 rings (SSSR count). The number of carbonyl (C=O) groups is 1. The average molecular weight is 359 g/mol. The van der Waals surface area contributed by atoms with Crippen LogP contribution in [0, 0.1) is 0 Å². The zero-order valence-corrected chi connectivity index (χ0v) is 15.9. The molecule has 4 nitrogen and oxygen atoms in total. The van der Waals surface area contributed by atoms with Crippen molar-refractivity contribution in [1.29, 1.82) is 0 Å². The van der Waals surface area contributed by atoms with Crippen molar-refractivity contribution in [3.05, 3.63) is 54.1 Å². The molecule has 0 fully saturated rings. The number of thioether (sulfide) groups is 1. The van der Waals surface area contributed by atoms with Gasteiger partial charge in [0.2, 0.25) is 5.91 Å². The molecule has 0 aliphatic heterocycles. The van der Waals surface area contributed by atoms with E-state index in [1.807, 2.05) is 69.3 Å². The van der Waals surface area contributed by atoms with Gasteiger partial charge in [0, 0.05) is 11.4 Å². The van der Waals surface area contributed by atoms with Crippen LogP contribution in [-0.2, 0) is 11.3 Å². The van der Waals surface area contributed by atoms with Gasteiger partial charge in [-0.25, -0.2) is 0 Å². The van der Waals surface area contributed by atoms with E-state index in [2.05, 4.69) is 5.32 Å². The van der Waals surface area contributed by atoms with Gasteiger partial charge in [-0.05, 0) is 62.7 Å². The van der Waals surface area contributed by atoms with Crippen LogP contribution in [0.2, 0.25) is 0 Å². The maximum Gasteiger partial charge on any atom is 0.233 e. The van der Waals surface area contributed by atoms with E-state index in [1.165, 1.54) is 11.8 Å². The van der Waals surface area contributed by atoms with Gasteiger partial charge >= 0.3 is 0 Å². The van der Waals surface area contributed by atoms with Crippen molar-refractivity contribution >= 4 is 17.7 Å². The van der Waals surface area contributed by atoms with Gasteiger partial charge in [-0.3, -0.25) is 4.79 Å². The second kappa shape index (κ2) is 9.37. The molecule has 1 atom stereocenters. The number of hydrogen-bond donors (Lipinski definition) is 1. The Morgan fingerprint density at radius 1 is 1.08 bits per heavy atom. The molecule has 0 aliphatic carbocycles. The molecule has 5 heteroatoms. The fourth-order valence-corrected chi connectivity index (χ4v) is 3.14. The molecule has 0 radical (unpaired) electrons. The maximum atomic E-state index is 12.3. The fourth-order valence-electron chi connectivity index (χ4n) is 2.25.